The van der Waals surface area contributed by atoms with Gasteiger partial charge in [0.1, 0.15) is 11.5 Å². The molecule has 0 bridgehead atoms. The third-order valence-corrected chi connectivity index (χ3v) is 6.57. The first-order valence-electron chi connectivity index (χ1n) is 11.8. The lowest BCUT2D eigenvalue weighted by Crippen LogP contribution is -2.34. The van der Waals surface area contributed by atoms with Gasteiger partial charge >= 0.3 is 0 Å². The lowest BCUT2D eigenvalue weighted by atomic mass is 9.88. The molecule has 182 valence electrons. The monoisotopic (exact) mass is 479 g/mol. The molecule has 1 aliphatic heterocycles. The third-order valence-electron chi connectivity index (χ3n) is 6.57. The Hall–Kier alpha value is -3.66. The van der Waals surface area contributed by atoms with E-state index in [1.165, 1.54) is 12.1 Å². The van der Waals surface area contributed by atoms with Gasteiger partial charge in [0.25, 0.3) is 0 Å². The van der Waals surface area contributed by atoms with Crippen LogP contribution in [0.25, 0.3) is 28.2 Å². The van der Waals surface area contributed by atoms with Crippen molar-refractivity contribution in [3.05, 3.63) is 54.1 Å². The number of piperidine rings is 1. The number of hydrogen-bond acceptors (Lipinski definition) is 5. The normalized spacial score (nSPS) is 15.1. The minimum Gasteiger partial charge on any atom is -0.312 e. The van der Waals surface area contributed by atoms with Gasteiger partial charge in [-0.15, -0.1) is 0 Å². The minimum atomic E-state index is -0.305. The van der Waals surface area contributed by atoms with Gasteiger partial charge in [0.15, 0.2) is 11.5 Å². The molecule has 0 saturated carbocycles. The van der Waals surface area contributed by atoms with E-state index in [0.717, 1.165) is 60.7 Å². The number of halogens is 2. The summed E-state index contributed by atoms with van der Waals surface area (Å²) in [6, 6.07) is 10.1. The second kappa shape index (κ2) is 9.91. The molecule has 4 aromatic rings. The van der Waals surface area contributed by atoms with Gasteiger partial charge in [-0.1, -0.05) is 0 Å². The van der Waals surface area contributed by atoms with Gasteiger partial charge in [0.05, 0.1) is 29.8 Å². The van der Waals surface area contributed by atoms with Crippen LogP contribution >= 0.6 is 0 Å². The topological polar surface area (TPSA) is 80.3 Å². The molecule has 10 heteroatoms. The first kappa shape index (κ1) is 23.1. The molecule has 4 heterocycles. The van der Waals surface area contributed by atoms with Crippen LogP contribution in [0.3, 0.4) is 0 Å². The number of anilines is 1. The fourth-order valence-corrected chi connectivity index (χ4v) is 4.93. The Bertz CT molecular complexity index is 1320. The third kappa shape index (κ3) is 4.66. The van der Waals surface area contributed by atoms with E-state index in [2.05, 4.69) is 15.2 Å². The maximum Gasteiger partial charge on any atom is 0.212 e. The zero-order valence-corrected chi connectivity index (χ0v) is 19.5. The van der Waals surface area contributed by atoms with Crippen LogP contribution in [0.4, 0.5) is 14.6 Å². The highest BCUT2D eigenvalue weighted by molar-refractivity contribution is 5.82. The number of aryl methyl sites for hydroxylation is 1. The van der Waals surface area contributed by atoms with Crippen molar-refractivity contribution in [1.82, 2.24) is 29.3 Å². The number of hydrogen-bond donors (Lipinski definition) is 1. The number of nitrogens with one attached hydrogen (secondary N) is 1. The molecule has 35 heavy (non-hydrogen) atoms. The number of nitrogens with zero attached hydrogens (tertiary/aromatic N) is 6. The summed E-state index contributed by atoms with van der Waals surface area (Å²) in [6.45, 7) is 2.28. The van der Waals surface area contributed by atoms with Gasteiger partial charge in [-0.25, -0.2) is 13.9 Å². The molecule has 1 aromatic carbocycles. The van der Waals surface area contributed by atoms with E-state index in [-0.39, 0.29) is 18.4 Å². The molecule has 1 aliphatic rings. The minimum absolute atomic E-state index is 0.255. The molecule has 1 saturated heterocycles. The summed E-state index contributed by atoms with van der Waals surface area (Å²) in [4.78, 5) is 17.5. The van der Waals surface area contributed by atoms with E-state index in [9.17, 15) is 13.6 Å². The van der Waals surface area contributed by atoms with Gasteiger partial charge in [-0.3, -0.25) is 13.9 Å². The highest BCUT2D eigenvalue weighted by Crippen LogP contribution is 2.40. The van der Waals surface area contributed by atoms with Gasteiger partial charge in [-0.05, 0) is 68.8 Å². The van der Waals surface area contributed by atoms with Crippen LogP contribution in [0.2, 0.25) is 0 Å². The van der Waals surface area contributed by atoms with E-state index in [1.54, 1.807) is 22.8 Å². The van der Waals surface area contributed by atoms with Crippen LogP contribution in [0, 0.1) is 5.82 Å². The van der Waals surface area contributed by atoms with Crippen molar-refractivity contribution in [3.8, 4) is 22.5 Å². The molecule has 0 aliphatic carbocycles. The fraction of sp³-hybridized carbons (Fsp3) is 0.360. The Kier molecular flexibility index (Phi) is 6.54. The molecular formula is C25H27F2N7O. The highest BCUT2D eigenvalue weighted by atomic mass is 19.1. The number of likely N-dealkylation sites (tertiary alicyclic amines) is 1. The summed E-state index contributed by atoms with van der Waals surface area (Å²) < 4.78 is 29.8. The average Bonchev–Trinajstić information content (AvgIpc) is 3.43. The van der Waals surface area contributed by atoms with Crippen molar-refractivity contribution in [2.75, 3.05) is 31.6 Å². The number of fused-ring (bicyclic) bond motifs is 1. The largest absolute Gasteiger partial charge is 0.312 e. The Morgan fingerprint density at radius 2 is 1.89 bits per heavy atom. The molecule has 0 spiro atoms. The molecule has 0 unspecified atom stereocenters. The predicted molar refractivity (Wildman–Crippen MR) is 129 cm³/mol. The number of carbonyl (C=O) groups excluding carboxylic acids is 1. The second-order valence-corrected chi connectivity index (χ2v) is 8.81. The number of carbonyl (C=O) groups is 1. The van der Waals surface area contributed by atoms with Crippen LogP contribution in [0.1, 0.15) is 30.9 Å². The Balaban J connectivity index is 1.58. The number of imidazole rings is 1. The van der Waals surface area contributed by atoms with E-state index in [4.69, 9.17) is 10.2 Å². The van der Waals surface area contributed by atoms with Gasteiger partial charge < -0.3 is 10.2 Å². The molecule has 1 fully saturated rings. The van der Waals surface area contributed by atoms with Crippen molar-refractivity contribution >= 4 is 17.9 Å². The summed E-state index contributed by atoms with van der Waals surface area (Å²) in [5.41, 5.74) is 4.84. The summed E-state index contributed by atoms with van der Waals surface area (Å²) in [6.07, 6.45) is 4.66. The van der Waals surface area contributed by atoms with Gasteiger partial charge in [0, 0.05) is 25.1 Å². The number of amides is 1. The summed E-state index contributed by atoms with van der Waals surface area (Å²) in [7, 11) is 1.93. The van der Waals surface area contributed by atoms with Crippen LogP contribution in [-0.2, 0) is 11.8 Å². The maximum absolute atomic E-state index is 13.7. The fourth-order valence-electron chi connectivity index (χ4n) is 4.93. The molecule has 3 aromatic heterocycles. The lowest BCUT2D eigenvalue weighted by Gasteiger charge is -2.32. The van der Waals surface area contributed by atoms with Crippen molar-refractivity contribution < 1.29 is 13.6 Å². The van der Waals surface area contributed by atoms with Crippen molar-refractivity contribution in [2.45, 2.75) is 25.2 Å². The molecule has 0 radical (unpaired) electrons. The average molecular weight is 480 g/mol. The highest BCUT2D eigenvalue weighted by Gasteiger charge is 2.29. The van der Waals surface area contributed by atoms with Crippen molar-refractivity contribution in [1.29, 1.82) is 0 Å². The Labute approximate surface area is 201 Å². The van der Waals surface area contributed by atoms with Gasteiger partial charge in [-0.2, -0.15) is 10.2 Å². The van der Waals surface area contributed by atoms with Crippen LogP contribution in [0.5, 0.6) is 0 Å². The van der Waals surface area contributed by atoms with E-state index in [0.29, 0.717) is 24.3 Å². The summed E-state index contributed by atoms with van der Waals surface area (Å²) in [5.74, 6) is 0.363. The smallest absolute Gasteiger partial charge is 0.212 e. The summed E-state index contributed by atoms with van der Waals surface area (Å²) in [5, 5.41) is 12.2. The molecule has 1 amide bonds. The summed E-state index contributed by atoms with van der Waals surface area (Å²) >= 11 is 0. The number of benzene rings is 1. The molecule has 1 N–H and O–H groups in total. The number of alkyl halides is 1. The lowest BCUT2D eigenvalue weighted by molar-refractivity contribution is -0.105. The standard InChI is InChI=1S/C25H27F2N7O/c1-32-25(18-9-13-33(14-10-18)12-2-11-26)23(24(31-32)17-3-5-19(27)6-4-17)20-7-8-22-29-21(28-16-35)15-34(22)30-20/h3-8,15-16,18H,2,9-14H2,1H3,(H,28,35). The van der Waals surface area contributed by atoms with Crippen LogP contribution < -0.4 is 5.32 Å². The molecule has 8 nitrogen and oxygen atoms in total. The zero-order chi connectivity index (χ0) is 24.4. The Morgan fingerprint density at radius 3 is 2.60 bits per heavy atom. The number of aromatic nitrogens is 5. The number of rotatable bonds is 8. The van der Waals surface area contributed by atoms with Crippen LogP contribution in [-0.4, -0.2) is 62.0 Å². The Morgan fingerprint density at radius 1 is 1.11 bits per heavy atom. The van der Waals surface area contributed by atoms with Gasteiger partial charge in [0.2, 0.25) is 6.41 Å². The maximum atomic E-state index is 13.7. The van der Waals surface area contributed by atoms with E-state index < -0.39 is 0 Å². The molecule has 5 rings (SSSR count). The van der Waals surface area contributed by atoms with E-state index in [1.807, 2.05) is 23.9 Å². The van der Waals surface area contributed by atoms with Crippen molar-refractivity contribution in [2.24, 2.45) is 7.05 Å². The second-order valence-electron chi connectivity index (χ2n) is 8.81. The quantitative estimate of drug-likeness (QED) is 0.386. The zero-order valence-electron chi connectivity index (χ0n) is 19.5. The SMILES string of the molecule is Cn1nc(-c2ccc(F)cc2)c(-c2ccc3nc(NC=O)cn3n2)c1C1CCN(CCCF)CC1. The van der Waals surface area contributed by atoms with Crippen LogP contribution in [0.15, 0.2) is 42.6 Å². The first-order valence-corrected chi connectivity index (χ1v) is 11.8. The molecular weight excluding hydrogens is 452 g/mol. The van der Waals surface area contributed by atoms with Crippen molar-refractivity contribution in [3.63, 3.8) is 0 Å². The van der Waals surface area contributed by atoms with E-state index >= 15 is 0 Å². The predicted octanol–water partition coefficient (Wildman–Crippen LogP) is 4.04. The first-order chi connectivity index (χ1) is 17.1. The molecule has 0 atom stereocenters.